The minimum absolute atomic E-state index is 0.803. The van der Waals surface area contributed by atoms with E-state index in [4.69, 9.17) is 13.3 Å². The molecule has 49 heavy (non-hydrogen) atoms. The van der Waals surface area contributed by atoms with Crippen LogP contribution in [0.3, 0.4) is 0 Å². The van der Waals surface area contributed by atoms with E-state index in [0.29, 0.717) is 0 Å². The highest BCUT2D eigenvalue weighted by Gasteiger charge is 2.25. The Kier molecular flexibility index (Phi) is 5.32. The molecule has 4 heterocycles. The lowest BCUT2D eigenvalue weighted by Crippen LogP contribution is -2.10. The monoisotopic (exact) mass is 630 g/mol. The third-order valence-corrected chi connectivity index (χ3v) is 9.78. The number of rotatable bonds is 4. The van der Waals surface area contributed by atoms with E-state index in [0.717, 1.165) is 99.6 Å². The summed E-state index contributed by atoms with van der Waals surface area (Å²) < 4.78 is 22.1. The van der Waals surface area contributed by atoms with E-state index in [9.17, 15) is 0 Å². The first-order valence-electron chi connectivity index (χ1n) is 16.4. The molecule has 5 heteroatoms. The SMILES string of the molecule is c1ccc(-n2c3ccccc3c3oc4c(N(c5ccc6c(c5)oc5ccccc56)c5ccc6c(c5)oc5ccccc56)cccc4c32)cc1. The van der Waals surface area contributed by atoms with Gasteiger partial charge in [0.2, 0.25) is 0 Å². The van der Waals surface area contributed by atoms with Crippen LogP contribution in [0.25, 0.3) is 82.5 Å². The zero-order valence-electron chi connectivity index (χ0n) is 26.1. The first kappa shape index (κ1) is 26.4. The number of para-hydroxylation sites is 5. The highest BCUT2D eigenvalue weighted by Crippen LogP contribution is 2.47. The first-order chi connectivity index (χ1) is 24.3. The second-order valence-corrected chi connectivity index (χ2v) is 12.5. The Morgan fingerprint density at radius 2 is 0.939 bits per heavy atom. The number of benzene rings is 7. The van der Waals surface area contributed by atoms with E-state index in [1.54, 1.807) is 0 Å². The zero-order valence-corrected chi connectivity index (χ0v) is 26.1. The summed E-state index contributed by atoms with van der Waals surface area (Å²) in [6.07, 6.45) is 0. The van der Waals surface area contributed by atoms with E-state index in [1.807, 2.05) is 42.5 Å². The Morgan fingerprint density at radius 3 is 1.61 bits per heavy atom. The Labute approximate surface area is 279 Å². The molecule has 0 N–H and O–H groups in total. The number of aromatic nitrogens is 1. The van der Waals surface area contributed by atoms with Crippen LogP contribution < -0.4 is 4.90 Å². The molecule has 0 spiro atoms. The summed E-state index contributed by atoms with van der Waals surface area (Å²) in [4.78, 5) is 2.25. The van der Waals surface area contributed by atoms with Gasteiger partial charge in [-0.05, 0) is 72.8 Å². The molecule has 0 fully saturated rings. The van der Waals surface area contributed by atoms with E-state index in [2.05, 4.69) is 125 Å². The number of hydrogen-bond acceptors (Lipinski definition) is 4. The van der Waals surface area contributed by atoms with Crippen LogP contribution in [0, 0.1) is 0 Å². The van der Waals surface area contributed by atoms with Gasteiger partial charge in [0.1, 0.15) is 27.8 Å². The Hall–Kier alpha value is -6.72. The fourth-order valence-electron chi connectivity index (χ4n) is 7.63. The summed E-state index contributed by atoms with van der Waals surface area (Å²) in [5.41, 5.74) is 11.1. The van der Waals surface area contributed by atoms with Crippen molar-refractivity contribution in [3.05, 3.63) is 158 Å². The molecule has 0 radical (unpaired) electrons. The minimum Gasteiger partial charge on any atom is -0.456 e. The number of furan rings is 3. The van der Waals surface area contributed by atoms with Gasteiger partial charge in [-0.25, -0.2) is 0 Å². The van der Waals surface area contributed by atoms with Crippen molar-refractivity contribution >= 4 is 93.9 Å². The number of hydrogen-bond donors (Lipinski definition) is 0. The molecule has 4 aromatic heterocycles. The molecule has 11 rings (SSSR count). The van der Waals surface area contributed by atoms with Crippen LogP contribution in [-0.2, 0) is 0 Å². The summed E-state index contributed by atoms with van der Waals surface area (Å²) in [7, 11) is 0. The molecule has 230 valence electrons. The summed E-state index contributed by atoms with van der Waals surface area (Å²) in [6.45, 7) is 0. The molecule has 0 atom stereocenters. The summed E-state index contributed by atoms with van der Waals surface area (Å²) in [5, 5.41) is 6.47. The van der Waals surface area contributed by atoms with Crippen LogP contribution in [0.5, 0.6) is 0 Å². The van der Waals surface area contributed by atoms with Gasteiger partial charge in [-0.15, -0.1) is 0 Å². The van der Waals surface area contributed by atoms with Crippen molar-refractivity contribution in [2.45, 2.75) is 0 Å². The second kappa shape index (κ2) is 9.89. The van der Waals surface area contributed by atoms with Crippen LogP contribution >= 0.6 is 0 Å². The van der Waals surface area contributed by atoms with Gasteiger partial charge in [-0.1, -0.05) is 72.8 Å². The van der Waals surface area contributed by atoms with Gasteiger partial charge >= 0.3 is 0 Å². The molecule has 0 saturated carbocycles. The molecule has 0 amide bonds. The van der Waals surface area contributed by atoms with E-state index in [-0.39, 0.29) is 0 Å². The van der Waals surface area contributed by atoms with Crippen LogP contribution in [0.2, 0.25) is 0 Å². The molecule has 0 unspecified atom stereocenters. The van der Waals surface area contributed by atoms with Crippen molar-refractivity contribution in [3.63, 3.8) is 0 Å². The lowest BCUT2D eigenvalue weighted by molar-refractivity contribution is 0.668. The van der Waals surface area contributed by atoms with E-state index >= 15 is 0 Å². The first-order valence-corrected chi connectivity index (χ1v) is 16.4. The van der Waals surface area contributed by atoms with Crippen molar-refractivity contribution in [3.8, 4) is 5.69 Å². The fraction of sp³-hybridized carbons (Fsp3) is 0. The van der Waals surface area contributed by atoms with Crippen molar-refractivity contribution in [1.29, 1.82) is 0 Å². The van der Waals surface area contributed by atoms with Crippen molar-refractivity contribution < 1.29 is 13.3 Å². The molecular formula is C44H26N2O3. The van der Waals surface area contributed by atoms with Crippen LogP contribution in [0.1, 0.15) is 0 Å². The highest BCUT2D eigenvalue weighted by atomic mass is 16.3. The third kappa shape index (κ3) is 3.75. The van der Waals surface area contributed by atoms with Gasteiger partial charge in [0.05, 0.1) is 22.6 Å². The maximum Gasteiger partial charge on any atom is 0.161 e. The lowest BCUT2D eigenvalue weighted by atomic mass is 10.1. The predicted octanol–water partition coefficient (Wildman–Crippen LogP) is 12.8. The second-order valence-electron chi connectivity index (χ2n) is 12.5. The Bertz CT molecular complexity index is 2950. The average Bonchev–Trinajstić information content (AvgIpc) is 3.90. The van der Waals surface area contributed by atoms with Gasteiger partial charge in [0.15, 0.2) is 11.2 Å². The molecule has 0 aliphatic carbocycles. The molecule has 0 aliphatic heterocycles. The van der Waals surface area contributed by atoms with Crippen molar-refractivity contribution in [2.75, 3.05) is 4.90 Å². The summed E-state index contributed by atoms with van der Waals surface area (Å²) in [6, 6.07) is 54.6. The van der Waals surface area contributed by atoms with Gasteiger partial charge in [0.25, 0.3) is 0 Å². The number of anilines is 3. The number of fused-ring (bicyclic) bond motifs is 11. The molecule has 5 nitrogen and oxygen atoms in total. The molecule has 11 aromatic rings. The smallest absolute Gasteiger partial charge is 0.161 e. The van der Waals surface area contributed by atoms with Gasteiger partial charge < -0.3 is 22.7 Å². The number of nitrogens with zero attached hydrogens (tertiary/aromatic N) is 2. The minimum atomic E-state index is 0.803. The molecule has 7 aromatic carbocycles. The van der Waals surface area contributed by atoms with Crippen molar-refractivity contribution in [2.24, 2.45) is 0 Å². The lowest BCUT2D eigenvalue weighted by Gasteiger charge is -2.25. The molecule has 0 bridgehead atoms. The Balaban J connectivity index is 1.21. The van der Waals surface area contributed by atoms with E-state index in [1.165, 1.54) is 0 Å². The Morgan fingerprint density at radius 1 is 0.388 bits per heavy atom. The van der Waals surface area contributed by atoms with Crippen molar-refractivity contribution in [1.82, 2.24) is 4.57 Å². The van der Waals surface area contributed by atoms with Crippen LogP contribution in [0.4, 0.5) is 17.1 Å². The zero-order chi connectivity index (χ0) is 32.1. The van der Waals surface area contributed by atoms with Gasteiger partial charge in [0, 0.05) is 50.1 Å². The topological polar surface area (TPSA) is 47.6 Å². The highest BCUT2D eigenvalue weighted by molar-refractivity contribution is 6.19. The average molecular weight is 631 g/mol. The maximum atomic E-state index is 6.98. The van der Waals surface area contributed by atoms with E-state index < -0.39 is 0 Å². The molecule has 0 saturated heterocycles. The molecular weight excluding hydrogens is 604 g/mol. The normalized spacial score (nSPS) is 12.1. The van der Waals surface area contributed by atoms with Crippen LogP contribution in [0.15, 0.2) is 171 Å². The fourth-order valence-corrected chi connectivity index (χ4v) is 7.63. The maximum absolute atomic E-state index is 6.98. The third-order valence-electron chi connectivity index (χ3n) is 9.78. The van der Waals surface area contributed by atoms with Gasteiger partial charge in [-0.2, -0.15) is 0 Å². The predicted molar refractivity (Wildman–Crippen MR) is 200 cm³/mol. The standard InChI is InChI=1S/C44H26N2O3/c1-2-11-27(12-3-1)46-36-17-7-4-15-34(36)44-42(46)35-16-10-18-37(43(35)49-44)45(28-21-23-32-30-13-5-8-19-38(30)47-40(32)25-28)29-22-24-33-31-14-6-9-20-39(31)48-41(33)26-29/h1-26H. The quantitative estimate of drug-likeness (QED) is 0.194. The molecule has 0 aliphatic rings. The summed E-state index contributed by atoms with van der Waals surface area (Å²) >= 11 is 0. The summed E-state index contributed by atoms with van der Waals surface area (Å²) in [5.74, 6) is 0. The largest absolute Gasteiger partial charge is 0.456 e. The van der Waals surface area contributed by atoms with Gasteiger partial charge in [-0.3, -0.25) is 0 Å². The van der Waals surface area contributed by atoms with Crippen LogP contribution in [-0.4, -0.2) is 4.57 Å².